The van der Waals surface area contributed by atoms with Crippen LogP contribution in [0.3, 0.4) is 0 Å². The molecular weight excluding hydrogens is 757 g/mol. The summed E-state index contributed by atoms with van der Waals surface area (Å²) in [5.74, 6) is -0.217. The Balaban J connectivity index is 1.20. The Morgan fingerprint density at radius 2 is 1.96 bits per heavy atom. The van der Waals surface area contributed by atoms with Crippen molar-refractivity contribution in [1.29, 1.82) is 5.26 Å². The van der Waals surface area contributed by atoms with E-state index in [4.69, 9.17) is 32.9 Å². The number of carbonyl (C=O) groups excluding carboxylic acids is 1. The SMILES string of the molecule is Cc1nc2c(F)c(-c3cccc(Cl)c3Cl)c(CCC#N)cc2c2c1cc([C@H]1C[C@H](OCc3ccn(C(F)(F)F)n3)CN1C(=O)C1(C)CC1)n2[C@H]1[C@H]2CN[C@@H]1C2. The molecule has 2 bridgehead atoms. The minimum atomic E-state index is -4.64. The molecule has 2 aliphatic carbocycles. The van der Waals surface area contributed by atoms with Crippen molar-refractivity contribution in [2.24, 2.45) is 11.3 Å². The molecule has 0 spiro atoms. The Bertz CT molecular complexity index is 2420. The fraction of sp³-hybridized carbons (Fsp3) is 0.450. The van der Waals surface area contributed by atoms with Crippen LogP contribution in [-0.4, -0.2) is 55.4 Å². The summed E-state index contributed by atoms with van der Waals surface area (Å²) >= 11 is 13.1. The number of hydrogen-bond donors (Lipinski definition) is 1. The van der Waals surface area contributed by atoms with Crippen LogP contribution in [0.15, 0.2) is 42.6 Å². The molecule has 5 aromatic rings. The van der Waals surface area contributed by atoms with E-state index in [9.17, 15) is 23.2 Å². The molecule has 10 rings (SSSR count). The number of likely N-dealkylation sites (tertiary alicyclic amines) is 1. The predicted octanol–water partition coefficient (Wildman–Crippen LogP) is 8.93. The van der Waals surface area contributed by atoms with Gasteiger partial charge in [-0.25, -0.2) is 9.37 Å². The number of benzene rings is 2. The zero-order valence-electron chi connectivity index (χ0n) is 30.1. The maximum absolute atomic E-state index is 17.2. The average Bonchev–Trinajstić information content (AvgIpc) is 3.78. The number of amides is 1. The van der Waals surface area contributed by atoms with Crippen molar-refractivity contribution >= 4 is 50.9 Å². The van der Waals surface area contributed by atoms with Crippen LogP contribution in [0.5, 0.6) is 0 Å². The number of fused-ring (bicyclic) bond motifs is 4. The number of nitrogens with one attached hydrogen (secondary N) is 1. The van der Waals surface area contributed by atoms with Crippen LogP contribution < -0.4 is 5.32 Å². The van der Waals surface area contributed by atoms with Crippen LogP contribution in [0.25, 0.3) is 32.9 Å². The Kier molecular flexibility index (Phi) is 8.73. The maximum atomic E-state index is 17.2. The number of halogens is 6. The van der Waals surface area contributed by atoms with Crippen molar-refractivity contribution in [3.63, 3.8) is 0 Å². The predicted molar refractivity (Wildman–Crippen MR) is 199 cm³/mol. The van der Waals surface area contributed by atoms with Crippen molar-refractivity contribution in [2.45, 2.75) is 89.5 Å². The van der Waals surface area contributed by atoms with Crippen molar-refractivity contribution in [3.05, 3.63) is 81.1 Å². The molecule has 5 fully saturated rings. The lowest BCUT2D eigenvalue weighted by Crippen LogP contribution is -2.41. The highest BCUT2D eigenvalue weighted by Gasteiger charge is 2.53. The summed E-state index contributed by atoms with van der Waals surface area (Å²) in [6.45, 7) is 4.78. The van der Waals surface area contributed by atoms with E-state index in [2.05, 4.69) is 27.1 Å². The molecule has 3 aromatic heterocycles. The lowest BCUT2D eigenvalue weighted by Gasteiger charge is -2.39. The Morgan fingerprint density at radius 3 is 2.64 bits per heavy atom. The van der Waals surface area contributed by atoms with E-state index in [1.807, 2.05) is 24.8 Å². The van der Waals surface area contributed by atoms with Crippen molar-refractivity contribution in [1.82, 2.24) is 29.5 Å². The van der Waals surface area contributed by atoms with Gasteiger partial charge >= 0.3 is 6.30 Å². The number of aromatic nitrogens is 4. The van der Waals surface area contributed by atoms with Gasteiger partial charge in [-0.15, -0.1) is 13.2 Å². The van der Waals surface area contributed by atoms with E-state index >= 15 is 4.39 Å². The molecule has 15 heteroatoms. The number of pyridine rings is 1. The monoisotopic (exact) mass is 793 g/mol. The molecule has 3 saturated heterocycles. The number of rotatable bonds is 9. The number of carbonyl (C=O) groups is 1. The lowest BCUT2D eigenvalue weighted by molar-refractivity contribution is -0.212. The Morgan fingerprint density at radius 1 is 1.16 bits per heavy atom. The number of alkyl halides is 3. The molecule has 0 unspecified atom stereocenters. The van der Waals surface area contributed by atoms with Crippen LogP contribution in [0.4, 0.5) is 17.6 Å². The number of nitriles is 1. The molecule has 2 saturated carbocycles. The van der Waals surface area contributed by atoms with Crippen LogP contribution in [0, 0.1) is 35.4 Å². The van der Waals surface area contributed by atoms with Crippen LogP contribution in [-0.2, 0) is 28.9 Å². The van der Waals surface area contributed by atoms with E-state index in [0.29, 0.717) is 34.5 Å². The minimum absolute atomic E-state index is 0.0176. The van der Waals surface area contributed by atoms with Gasteiger partial charge in [-0.1, -0.05) is 42.3 Å². The van der Waals surface area contributed by atoms with Gasteiger partial charge in [0.2, 0.25) is 5.91 Å². The van der Waals surface area contributed by atoms with Crippen molar-refractivity contribution < 1.29 is 27.1 Å². The van der Waals surface area contributed by atoms with Gasteiger partial charge in [0.15, 0.2) is 5.82 Å². The topological polar surface area (TPSA) is 101 Å². The molecule has 6 heterocycles. The van der Waals surface area contributed by atoms with Gasteiger partial charge in [0, 0.05) is 76.9 Å². The first-order chi connectivity index (χ1) is 26.3. The molecule has 5 atom stereocenters. The first kappa shape index (κ1) is 36.4. The first-order valence-corrected chi connectivity index (χ1v) is 19.3. The molecule has 2 aromatic carbocycles. The van der Waals surface area contributed by atoms with Crippen molar-refractivity contribution in [3.8, 4) is 17.2 Å². The Hall–Kier alpha value is -4.22. The van der Waals surface area contributed by atoms with Crippen LogP contribution in [0.2, 0.25) is 10.0 Å². The molecule has 9 nitrogen and oxygen atoms in total. The average molecular weight is 795 g/mol. The van der Waals surface area contributed by atoms with Gasteiger partial charge < -0.3 is 19.5 Å². The highest BCUT2D eigenvalue weighted by molar-refractivity contribution is 6.43. The second-order valence-corrected chi connectivity index (χ2v) is 16.5. The van der Waals surface area contributed by atoms with E-state index in [0.717, 1.165) is 48.6 Å². The number of hydrogen-bond acceptors (Lipinski definition) is 6. The third-order valence-corrected chi connectivity index (χ3v) is 13.0. The molecule has 3 aliphatic heterocycles. The largest absolute Gasteiger partial charge is 0.504 e. The molecule has 1 amide bonds. The van der Waals surface area contributed by atoms with Gasteiger partial charge in [-0.3, -0.25) is 4.79 Å². The van der Waals surface area contributed by atoms with E-state index in [1.54, 1.807) is 18.2 Å². The molecule has 55 heavy (non-hydrogen) atoms. The first-order valence-electron chi connectivity index (χ1n) is 18.5. The van der Waals surface area contributed by atoms with E-state index < -0.39 is 29.7 Å². The number of ether oxygens (including phenoxy) is 1. The van der Waals surface area contributed by atoms with E-state index in [-0.39, 0.29) is 75.5 Å². The number of aryl methyl sites for hydroxylation is 2. The van der Waals surface area contributed by atoms with Gasteiger partial charge in [-0.2, -0.15) is 15.0 Å². The van der Waals surface area contributed by atoms with Crippen molar-refractivity contribution in [2.75, 3.05) is 13.1 Å². The molecular formula is C40H37Cl2F4N7O2. The summed E-state index contributed by atoms with van der Waals surface area (Å²) < 4.78 is 65.4. The molecule has 5 aliphatic rings. The van der Waals surface area contributed by atoms with Gasteiger partial charge in [0.25, 0.3) is 0 Å². The maximum Gasteiger partial charge on any atom is 0.504 e. The fourth-order valence-electron chi connectivity index (χ4n) is 9.05. The Labute approximate surface area is 324 Å². The van der Waals surface area contributed by atoms with Gasteiger partial charge in [0.1, 0.15) is 5.52 Å². The quantitative estimate of drug-likeness (QED) is 0.150. The summed E-state index contributed by atoms with van der Waals surface area (Å²) in [5, 5.41) is 18.8. The minimum Gasteiger partial charge on any atom is -0.370 e. The summed E-state index contributed by atoms with van der Waals surface area (Å²) in [4.78, 5) is 21.0. The third-order valence-electron chi connectivity index (χ3n) is 12.2. The second kappa shape index (κ2) is 13.2. The van der Waals surface area contributed by atoms with E-state index in [1.165, 1.54) is 6.07 Å². The second-order valence-electron chi connectivity index (χ2n) is 15.7. The van der Waals surface area contributed by atoms with Crippen LogP contribution >= 0.6 is 23.2 Å². The smallest absolute Gasteiger partial charge is 0.370 e. The molecule has 286 valence electrons. The fourth-order valence-corrected chi connectivity index (χ4v) is 9.45. The zero-order chi connectivity index (χ0) is 38.6. The highest BCUT2D eigenvalue weighted by atomic mass is 35.5. The highest BCUT2D eigenvalue weighted by Crippen LogP contribution is 2.53. The van der Waals surface area contributed by atoms with Gasteiger partial charge in [0.05, 0.1) is 52.1 Å². The third kappa shape index (κ3) is 5.99. The lowest BCUT2D eigenvalue weighted by atomic mass is 9.79. The standard InChI is InChI=1S/C40H37Cl2F4N7O2/c1-20-26-16-31(30-15-24(18-51(30)38(54)39(2)9-10-39)55-19-23-8-12-52(50-23)40(44,45)46)53(36-22-14-29(36)48-17-22)37(26)27-13-21(5-4-11-47)32(34(43)35(27)49-20)25-6-3-7-28(41)33(25)42/h3,6-8,12-13,16,22,24,29-30,36,48H,4-5,9-10,14-15,17-19H2,1-2H3/t22-,24+,29-,30-,36+/m1/s1. The molecule has 1 N–H and O–H groups in total. The van der Waals surface area contributed by atoms with Gasteiger partial charge in [-0.05, 0) is 68.4 Å². The molecule has 0 radical (unpaired) electrons. The summed E-state index contributed by atoms with van der Waals surface area (Å²) in [6, 6.07) is 12.3. The summed E-state index contributed by atoms with van der Waals surface area (Å²) in [6.07, 6.45) is -0.874. The summed E-state index contributed by atoms with van der Waals surface area (Å²) in [5.41, 5.74) is 3.42. The van der Waals surface area contributed by atoms with Crippen LogP contribution in [0.1, 0.15) is 73.8 Å². The normalized spacial score (nSPS) is 24.1. The summed E-state index contributed by atoms with van der Waals surface area (Å²) in [7, 11) is 0. The number of nitrogens with zero attached hydrogens (tertiary/aromatic N) is 6. The zero-order valence-corrected chi connectivity index (χ0v) is 31.6.